The fraction of sp³-hybridized carbons (Fsp3) is 0.833. The summed E-state index contributed by atoms with van der Waals surface area (Å²) in [6.45, 7) is 7.58. The lowest BCUT2D eigenvalue weighted by Crippen LogP contribution is -2.28. The number of aromatic nitrogens is 3. The van der Waals surface area contributed by atoms with Gasteiger partial charge in [-0.05, 0) is 19.8 Å². The molecule has 1 aliphatic heterocycles. The lowest BCUT2D eigenvalue weighted by Gasteiger charge is -2.17. The highest BCUT2D eigenvalue weighted by Crippen LogP contribution is 2.18. The highest BCUT2D eigenvalue weighted by Gasteiger charge is 2.19. The second-order valence-corrected chi connectivity index (χ2v) is 4.98. The molecule has 0 aromatic carbocycles. The Bertz CT molecular complexity index is 343. The number of nitrogens with zero attached hydrogens (tertiary/aromatic N) is 3. The minimum absolute atomic E-state index is 0.291. The Labute approximate surface area is 97.5 Å². The molecule has 0 radical (unpaired) electrons. The maximum atomic E-state index is 4.34. The Kier molecular flexibility index (Phi) is 3.59. The molecule has 90 valence electrons. The van der Waals surface area contributed by atoms with Gasteiger partial charge in [-0.2, -0.15) is 0 Å². The second kappa shape index (κ2) is 4.95. The van der Waals surface area contributed by atoms with Gasteiger partial charge in [0.05, 0.1) is 6.04 Å². The van der Waals surface area contributed by atoms with Crippen LogP contribution in [0.4, 0.5) is 0 Å². The van der Waals surface area contributed by atoms with E-state index >= 15 is 0 Å². The van der Waals surface area contributed by atoms with E-state index in [9.17, 15) is 0 Å². The molecule has 2 heterocycles. The molecule has 16 heavy (non-hydrogen) atoms. The van der Waals surface area contributed by atoms with Crippen LogP contribution in [0.2, 0.25) is 0 Å². The molecule has 0 saturated carbocycles. The molecule has 4 nitrogen and oxygen atoms in total. The molecular weight excluding hydrogens is 200 g/mol. The molecule has 1 N–H and O–H groups in total. The van der Waals surface area contributed by atoms with E-state index in [1.54, 1.807) is 0 Å². The van der Waals surface area contributed by atoms with E-state index in [2.05, 4.69) is 40.9 Å². The van der Waals surface area contributed by atoms with Crippen LogP contribution < -0.4 is 5.32 Å². The summed E-state index contributed by atoms with van der Waals surface area (Å²) in [5.74, 6) is 2.27. The van der Waals surface area contributed by atoms with Crippen molar-refractivity contribution >= 4 is 0 Å². The van der Waals surface area contributed by atoms with E-state index in [1.807, 2.05) is 0 Å². The number of hydrogen-bond acceptors (Lipinski definition) is 3. The van der Waals surface area contributed by atoms with Crippen molar-refractivity contribution in [3.8, 4) is 0 Å². The molecule has 0 aliphatic carbocycles. The molecule has 1 aliphatic rings. The highest BCUT2D eigenvalue weighted by atomic mass is 15.3. The van der Waals surface area contributed by atoms with Crippen molar-refractivity contribution in [2.75, 3.05) is 0 Å². The molecule has 0 amide bonds. The molecule has 1 atom stereocenters. The van der Waals surface area contributed by atoms with Gasteiger partial charge >= 0.3 is 0 Å². The first-order valence-electron chi connectivity index (χ1n) is 6.36. The molecule has 1 unspecified atom stereocenters. The number of aryl methyl sites for hydroxylation is 1. The third kappa shape index (κ3) is 2.43. The monoisotopic (exact) mass is 222 g/mol. The van der Waals surface area contributed by atoms with E-state index in [0.717, 1.165) is 18.8 Å². The van der Waals surface area contributed by atoms with Gasteiger partial charge in [-0.1, -0.05) is 20.3 Å². The zero-order chi connectivity index (χ0) is 11.5. The first-order chi connectivity index (χ1) is 7.68. The van der Waals surface area contributed by atoms with Crippen LogP contribution in [0.25, 0.3) is 0 Å². The predicted octanol–water partition coefficient (Wildman–Crippen LogP) is 2.06. The zero-order valence-electron chi connectivity index (χ0n) is 10.5. The Hall–Kier alpha value is -0.900. The summed E-state index contributed by atoms with van der Waals surface area (Å²) >= 11 is 0. The second-order valence-electron chi connectivity index (χ2n) is 4.98. The van der Waals surface area contributed by atoms with Gasteiger partial charge in [-0.15, -0.1) is 10.2 Å². The predicted molar refractivity (Wildman–Crippen MR) is 64.3 cm³/mol. The van der Waals surface area contributed by atoms with Crippen LogP contribution in [-0.4, -0.2) is 20.8 Å². The van der Waals surface area contributed by atoms with Crippen LogP contribution >= 0.6 is 0 Å². The van der Waals surface area contributed by atoms with Gasteiger partial charge in [-0.25, -0.2) is 0 Å². The largest absolute Gasteiger partial charge is 0.314 e. The summed E-state index contributed by atoms with van der Waals surface area (Å²) in [5.41, 5.74) is 0. The third-order valence-electron chi connectivity index (χ3n) is 3.11. The van der Waals surface area contributed by atoms with Crippen LogP contribution in [0.3, 0.4) is 0 Å². The quantitative estimate of drug-likeness (QED) is 0.851. The van der Waals surface area contributed by atoms with Crippen LogP contribution in [0.1, 0.15) is 57.7 Å². The molecular formula is C12H22N4. The van der Waals surface area contributed by atoms with Crippen molar-refractivity contribution in [2.24, 2.45) is 0 Å². The van der Waals surface area contributed by atoms with E-state index in [1.165, 1.54) is 25.1 Å². The van der Waals surface area contributed by atoms with Crippen LogP contribution in [-0.2, 0) is 13.0 Å². The average molecular weight is 222 g/mol. The van der Waals surface area contributed by atoms with Gasteiger partial charge in [0.15, 0.2) is 0 Å². The molecule has 0 bridgehead atoms. The normalized spacial score (nSPS) is 18.2. The fourth-order valence-electron chi connectivity index (χ4n) is 2.40. The van der Waals surface area contributed by atoms with E-state index < -0.39 is 0 Å². The highest BCUT2D eigenvalue weighted by molar-refractivity contribution is 5.02. The Balaban J connectivity index is 2.18. The smallest absolute Gasteiger partial charge is 0.149 e. The van der Waals surface area contributed by atoms with E-state index in [4.69, 9.17) is 0 Å². The van der Waals surface area contributed by atoms with Gasteiger partial charge in [-0.3, -0.25) is 0 Å². The topological polar surface area (TPSA) is 42.7 Å². The Morgan fingerprint density at radius 2 is 1.94 bits per heavy atom. The number of nitrogens with one attached hydrogen (secondary N) is 1. The van der Waals surface area contributed by atoms with E-state index in [0.29, 0.717) is 12.1 Å². The standard InChI is InChI=1S/C12H22N4/c1-9(2)13-10(3)12-15-14-11-7-5-4-6-8-16(11)12/h9-10,13H,4-8H2,1-3H3. The summed E-state index contributed by atoms with van der Waals surface area (Å²) < 4.78 is 2.31. The number of fused-ring (bicyclic) bond motifs is 1. The van der Waals surface area contributed by atoms with Crippen molar-refractivity contribution in [1.82, 2.24) is 20.1 Å². The van der Waals surface area contributed by atoms with Gasteiger partial charge in [0, 0.05) is 19.0 Å². The van der Waals surface area contributed by atoms with Gasteiger partial charge < -0.3 is 9.88 Å². The van der Waals surface area contributed by atoms with E-state index in [-0.39, 0.29) is 0 Å². The maximum absolute atomic E-state index is 4.34. The number of rotatable bonds is 3. The Morgan fingerprint density at radius 3 is 2.69 bits per heavy atom. The zero-order valence-corrected chi connectivity index (χ0v) is 10.5. The lowest BCUT2D eigenvalue weighted by molar-refractivity contribution is 0.462. The minimum atomic E-state index is 0.291. The van der Waals surface area contributed by atoms with Crippen LogP contribution in [0, 0.1) is 0 Å². The molecule has 0 saturated heterocycles. The fourth-order valence-corrected chi connectivity index (χ4v) is 2.40. The van der Waals surface area contributed by atoms with Crippen molar-refractivity contribution in [3.63, 3.8) is 0 Å². The van der Waals surface area contributed by atoms with Gasteiger partial charge in [0.2, 0.25) is 0 Å². The van der Waals surface area contributed by atoms with Crippen molar-refractivity contribution in [2.45, 2.75) is 65.1 Å². The van der Waals surface area contributed by atoms with Crippen LogP contribution in [0.5, 0.6) is 0 Å². The summed E-state index contributed by atoms with van der Waals surface area (Å²) in [7, 11) is 0. The van der Waals surface area contributed by atoms with Crippen molar-refractivity contribution in [1.29, 1.82) is 0 Å². The first-order valence-corrected chi connectivity index (χ1v) is 6.36. The van der Waals surface area contributed by atoms with Crippen molar-refractivity contribution < 1.29 is 0 Å². The summed E-state index contributed by atoms with van der Waals surface area (Å²) in [6.07, 6.45) is 4.91. The number of hydrogen-bond donors (Lipinski definition) is 1. The minimum Gasteiger partial charge on any atom is -0.314 e. The molecule has 2 rings (SSSR count). The molecule has 0 spiro atoms. The molecule has 0 fully saturated rings. The lowest BCUT2D eigenvalue weighted by atomic mass is 10.2. The third-order valence-corrected chi connectivity index (χ3v) is 3.11. The Morgan fingerprint density at radius 1 is 1.12 bits per heavy atom. The SMILES string of the molecule is CC(C)NC(C)c1nnc2n1CCCCC2. The van der Waals surface area contributed by atoms with Gasteiger partial charge in [0.25, 0.3) is 0 Å². The first kappa shape index (κ1) is 11.6. The van der Waals surface area contributed by atoms with Gasteiger partial charge in [0.1, 0.15) is 11.6 Å². The maximum Gasteiger partial charge on any atom is 0.149 e. The summed E-state index contributed by atoms with van der Waals surface area (Å²) in [5, 5.41) is 12.2. The average Bonchev–Trinajstić information content (AvgIpc) is 2.47. The molecule has 1 aromatic heterocycles. The molecule has 4 heteroatoms. The molecule has 1 aromatic rings. The summed E-state index contributed by atoms with van der Waals surface area (Å²) in [4.78, 5) is 0. The summed E-state index contributed by atoms with van der Waals surface area (Å²) in [6, 6.07) is 0.771. The van der Waals surface area contributed by atoms with Crippen LogP contribution in [0.15, 0.2) is 0 Å². The van der Waals surface area contributed by atoms with Crippen molar-refractivity contribution in [3.05, 3.63) is 11.6 Å².